The van der Waals surface area contributed by atoms with Crippen LogP contribution in [0.5, 0.6) is 0 Å². The number of hydrogen-bond acceptors (Lipinski definition) is 5. The predicted molar refractivity (Wildman–Crippen MR) is 154 cm³/mol. The van der Waals surface area contributed by atoms with E-state index in [9.17, 15) is 19.5 Å². The van der Waals surface area contributed by atoms with Gasteiger partial charge in [-0.25, -0.2) is 0 Å². The van der Waals surface area contributed by atoms with E-state index in [2.05, 4.69) is 0 Å². The fourth-order valence-electron chi connectivity index (χ4n) is 6.46. The molecule has 4 heterocycles. The van der Waals surface area contributed by atoms with Gasteiger partial charge in [0.2, 0.25) is 11.8 Å². The standard InChI is InChI=1S/C30H30ClN3O4S/c31-20-11-13-22(14-12-20)33-18-7-15-30-25(28(37)34(16-4-5-19-35)26(30)29(33)38)24-23(39-30)10-6-17-32(27(24)36)21-8-2-1-3-9-21/h1-3,6-15,23-26,35H,4-5,16-19H2/t23-,24+,25+,26?,30+/m1/s1. The summed E-state index contributed by atoms with van der Waals surface area (Å²) in [5.41, 5.74) is 1.50. The first kappa shape index (κ1) is 26.2. The van der Waals surface area contributed by atoms with Gasteiger partial charge < -0.3 is 19.8 Å². The molecule has 1 N–H and O–H groups in total. The first-order chi connectivity index (χ1) is 19.0. The Kier molecular flexibility index (Phi) is 7.04. The third-order valence-electron chi connectivity index (χ3n) is 8.17. The molecule has 7 nitrogen and oxygen atoms in total. The van der Waals surface area contributed by atoms with Crippen LogP contribution in [0, 0.1) is 11.8 Å². The van der Waals surface area contributed by atoms with Crippen LogP contribution in [0.4, 0.5) is 11.4 Å². The Bertz CT molecular complexity index is 1330. The Morgan fingerprint density at radius 3 is 2.31 bits per heavy atom. The highest BCUT2D eigenvalue weighted by Gasteiger charge is 2.71. The molecule has 2 fully saturated rings. The van der Waals surface area contributed by atoms with E-state index < -0.39 is 22.6 Å². The number of aliphatic hydroxyl groups excluding tert-OH is 1. The number of carbonyl (C=O) groups excluding carboxylic acids is 3. The minimum atomic E-state index is -0.871. The number of rotatable bonds is 6. The van der Waals surface area contributed by atoms with Crippen molar-refractivity contribution in [1.29, 1.82) is 0 Å². The second-order valence-corrected chi connectivity index (χ2v) is 12.3. The number of benzene rings is 2. The molecule has 4 aliphatic heterocycles. The number of unbranched alkanes of at least 4 members (excludes halogenated alkanes) is 1. The zero-order chi connectivity index (χ0) is 27.1. The molecule has 1 unspecified atom stereocenters. The van der Waals surface area contributed by atoms with Crippen LogP contribution in [0.3, 0.4) is 0 Å². The monoisotopic (exact) mass is 563 g/mol. The lowest BCUT2D eigenvalue weighted by molar-refractivity contribution is -0.138. The van der Waals surface area contributed by atoms with Crippen molar-refractivity contribution in [3.8, 4) is 0 Å². The Morgan fingerprint density at radius 1 is 0.872 bits per heavy atom. The maximum Gasteiger partial charge on any atom is 0.251 e. The molecule has 4 aliphatic rings. The molecule has 0 saturated carbocycles. The number of thioether (sulfide) groups is 1. The van der Waals surface area contributed by atoms with E-state index in [1.807, 2.05) is 66.8 Å². The molecular weight excluding hydrogens is 534 g/mol. The first-order valence-electron chi connectivity index (χ1n) is 13.3. The van der Waals surface area contributed by atoms with Gasteiger partial charge in [-0.3, -0.25) is 14.4 Å². The Hall–Kier alpha value is -3.07. The van der Waals surface area contributed by atoms with Crippen molar-refractivity contribution in [3.05, 3.63) is 83.9 Å². The Balaban J connectivity index is 1.42. The van der Waals surface area contributed by atoms with E-state index in [1.54, 1.807) is 38.6 Å². The van der Waals surface area contributed by atoms with Crippen molar-refractivity contribution in [2.45, 2.75) is 28.9 Å². The van der Waals surface area contributed by atoms with Crippen LogP contribution in [-0.2, 0) is 14.4 Å². The van der Waals surface area contributed by atoms with Gasteiger partial charge in [0.15, 0.2) is 0 Å². The fraction of sp³-hybridized carbons (Fsp3) is 0.367. The van der Waals surface area contributed by atoms with Crippen LogP contribution in [0.25, 0.3) is 0 Å². The molecular formula is C30H30ClN3O4S. The van der Waals surface area contributed by atoms with Gasteiger partial charge in [0.05, 0.1) is 16.6 Å². The molecule has 39 heavy (non-hydrogen) atoms. The Morgan fingerprint density at radius 2 is 1.56 bits per heavy atom. The van der Waals surface area contributed by atoms with E-state index >= 15 is 0 Å². The summed E-state index contributed by atoms with van der Waals surface area (Å²) in [4.78, 5) is 47.9. The fourth-order valence-corrected chi connectivity index (χ4v) is 8.60. The number of carbonyl (C=O) groups is 3. The quantitative estimate of drug-likeness (QED) is 0.426. The number of amides is 3. The Labute approximate surface area is 237 Å². The summed E-state index contributed by atoms with van der Waals surface area (Å²) in [5, 5.41) is 9.76. The van der Waals surface area contributed by atoms with Gasteiger partial charge in [0, 0.05) is 47.9 Å². The number of anilines is 2. The van der Waals surface area contributed by atoms with Crippen molar-refractivity contribution in [1.82, 2.24) is 4.90 Å². The number of likely N-dealkylation sites (tertiary alicyclic amines) is 1. The molecule has 9 heteroatoms. The van der Waals surface area contributed by atoms with Crippen LogP contribution < -0.4 is 9.80 Å². The molecule has 0 aliphatic carbocycles. The SMILES string of the molecule is O=C1C2N(CCCCO)C(=O)[C@@H]3[C@H]4C(=O)N(c5ccccc5)CC=C[C@H]4S[C@]23C=CCN1c1ccc(Cl)cc1. The van der Waals surface area contributed by atoms with Gasteiger partial charge >= 0.3 is 0 Å². The molecule has 2 aromatic rings. The lowest BCUT2D eigenvalue weighted by atomic mass is 9.78. The number of nitrogens with zero attached hydrogens (tertiary/aromatic N) is 3. The zero-order valence-corrected chi connectivity index (χ0v) is 22.9. The van der Waals surface area contributed by atoms with Gasteiger partial charge in [-0.2, -0.15) is 0 Å². The molecule has 2 saturated heterocycles. The van der Waals surface area contributed by atoms with E-state index in [0.29, 0.717) is 43.2 Å². The van der Waals surface area contributed by atoms with Gasteiger partial charge in [0.1, 0.15) is 6.04 Å². The summed E-state index contributed by atoms with van der Waals surface area (Å²) in [6, 6.07) is 15.9. The summed E-state index contributed by atoms with van der Waals surface area (Å²) in [7, 11) is 0. The van der Waals surface area contributed by atoms with Crippen molar-refractivity contribution in [3.63, 3.8) is 0 Å². The largest absolute Gasteiger partial charge is 0.396 e. The number of para-hydroxylation sites is 1. The van der Waals surface area contributed by atoms with E-state index in [-0.39, 0.29) is 29.6 Å². The lowest BCUT2D eigenvalue weighted by Gasteiger charge is -2.35. The first-order valence-corrected chi connectivity index (χ1v) is 14.6. The highest BCUT2D eigenvalue weighted by Crippen LogP contribution is 2.61. The summed E-state index contributed by atoms with van der Waals surface area (Å²) in [5.74, 6) is -1.67. The lowest BCUT2D eigenvalue weighted by Crippen LogP contribution is -2.53. The highest BCUT2D eigenvalue weighted by atomic mass is 35.5. The van der Waals surface area contributed by atoms with Crippen molar-refractivity contribution >= 4 is 52.5 Å². The predicted octanol–water partition coefficient (Wildman–Crippen LogP) is 3.92. The van der Waals surface area contributed by atoms with E-state index in [1.165, 1.54) is 0 Å². The topological polar surface area (TPSA) is 81.2 Å². The zero-order valence-electron chi connectivity index (χ0n) is 21.4. The molecule has 2 aromatic carbocycles. The molecule has 202 valence electrons. The number of fused-ring (bicyclic) bond motifs is 2. The highest BCUT2D eigenvalue weighted by molar-refractivity contribution is 8.02. The van der Waals surface area contributed by atoms with Crippen LogP contribution in [0.2, 0.25) is 5.02 Å². The third-order valence-corrected chi connectivity index (χ3v) is 10.2. The minimum absolute atomic E-state index is 0.0147. The number of aliphatic hydroxyl groups is 1. The van der Waals surface area contributed by atoms with Gasteiger partial charge in [-0.15, -0.1) is 11.8 Å². The third kappa shape index (κ3) is 4.29. The molecule has 0 bridgehead atoms. The summed E-state index contributed by atoms with van der Waals surface area (Å²) in [6.07, 6.45) is 9.13. The van der Waals surface area contributed by atoms with E-state index in [0.717, 1.165) is 5.69 Å². The molecule has 5 atom stereocenters. The molecule has 6 rings (SSSR count). The van der Waals surface area contributed by atoms with Crippen LogP contribution in [0.1, 0.15) is 12.8 Å². The minimum Gasteiger partial charge on any atom is -0.396 e. The number of hydrogen-bond donors (Lipinski definition) is 1. The van der Waals surface area contributed by atoms with Crippen LogP contribution in [-0.4, -0.2) is 70.0 Å². The second kappa shape index (κ2) is 10.5. The van der Waals surface area contributed by atoms with Crippen molar-refractivity contribution in [2.24, 2.45) is 11.8 Å². The summed E-state index contributed by atoms with van der Waals surface area (Å²) in [6.45, 7) is 1.16. The molecule has 0 aromatic heterocycles. The van der Waals surface area contributed by atoms with Gasteiger partial charge in [-0.1, -0.05) is 54.1 Å². The average Bonchev–Trinajstić information content (AvgIpc) is 3.25. The van der Waals surface area contributed by atoms with Gasteiger partial charge in [0.25, 0.3) is 5.91 Å². The normalized spacial score (nSPS) is 29.8. The van der Waals surface area contributed by atoms with Crippen LogP contribution >= 0.6 is 23.4 Å². The van der Waals surface area contributed by atoms with E-state index in [4.69, 9.17) is 11.6 Å². The van der Waals surface area contributed by atoms with Crippen molar-refractivity contribution < 1.29 is 19.5 Å². The molecule has 1 spiro atoms. The maximum atomic E-state index is 14.4. The number of halogens is 1. The summed E-state index contributed by atoms with van der Waals surface area (Å²) >= 11 is 7.68. The molecule has 0 radical (unpaired) electrons. The van der Waals surface area contributed by atoms with Crippen molar-refractivity contribution in [2.75, 3.05) is 36.0 Å². The maximum absolute atomic E-state index is 14.4. The average molecular weight is 564 g/mol. The smallest absolute Gasteiger partial charge is 0.251 e. The summed E-state index contributed by atoms with van der Waals surface area (Å²) < 4.78 is -0.871. The van der Waals surface area contributed by atoms with Crippen LogP contribution in [0.15, 0.2) is 78.9 Å². The van der Waals surface area contributed by atoms with Gasteiger partial charge in [-0.05, 0) is 49.2 Å². The molecule has 3 amide bonds. The second-order valence-electron chi connectivity index (χ2n) is 10.3.